The molecule has 0 saturated heterocycles. The first-order chi connectivity index (χ1) is 5.62. The molecule has 0 aromatic rings. The summed E-state index contributed by atoms with van der Waals surface area (Å²) in [7, 11) is 3.61. The molecule has 0 radical (unpaired) electrons. The molecule has 70 valence electrons. The zero-order valence-corrected chi connectivity index (χ0v) is 7.97. The van der Waals surface area contributed by atoms with Crippen molar-refractivity contribution < 1.29 is 4.79 Å². The molecule has 2 N–H and O–H groups in total. The number of hydrogen-bond acceptors (Lipinski definition) is 2. The normalized spacial score (nSPS) is 20.9. The molecule has 1 fully saturated rings. The molecule has 0 bridgehead atoms. The van der Waals surface area contributed by atoms with E-state index in [1.54, 1.807) is 19.0 Å². The van der Waals surface area contributed by atoms with Crippen LogP contribution in [0.2, 0.25) is 0 Å². The van der Waals surface area contributed by atoms with Gasteiger partial charge in [0.1, 0.15) is 0 Å². The Kier molecular flexibility index (Phi) is 2.73. The monoisotopic (exact) mass is 170 g/mol. The van der Waals surface area contributed by atoms with Crippen LogP contribution in [0.5, 0.6) is 0 Å². The number of nitrogens with two attached hydrogens (primary N) is 1. The second kappa shape index (κ2) is 3.44. The van der Waals surface area contributed by atoms with Crippen molar-refractivity contribution in [1.29, 1.82) is 0 Å². The second-order valence-electron chi connectivity index (χ2n) is 3.89. The first-order valence-electron chi connectivity index (χ1n) is 4.54. The van der Waals surface area contributed by atoms with E-state index in [1.165, 1.54) is 0 Å². The molecule has 1 saturated carbocycles. The molecule has 0 aliphatic heterocycles. The molecule has 1 amide bonds. The van der Waals surface area contributed by atoms with Crippen molar-refractivity contribution in [3.63, 3.8) is 0 Å². The average molecular weight is 170 g/mol. The van der Waals surface area contributed by atoms with Crippen molar-refractivity contribution in [3.8, 4) is 0 Å². The number of rotatable bonds is 2. The maximum atomic E-state index is 11.7. The highest BCUT2D eigenvalue weighted by molar-refractivity contribution is 5.82. The predicted octanol–water partition coefficient (Wildman–Crippen LogP) is 0.594. The van der Waals surface area contributed by atoms with Crippen molar-refractivity contribution in [1.82, 2.24) is 4.90 Å². The highest BCUT2D eigenvalue weighted by Crippen LogP contribution is 2.38. The van der Waals surface area contributed by atoms with Crippen molar-refractivity contribution in [2.75, 3.05) is 20.6 Å². The van der Waals surface area contributed by atoms with E-state index in [1.807, 2.05) is 0 Å². The molecule has 0 atom stereocenters. The lowest BCUT2D eigenvalue weighted by atomic mass is 9.85. The molecular weight excluding hydrogens is 152 g/mol. The average Bonchev–Trinajstić information content (AvgIpc) is 2.52. The standard InChI is InChI=1S/C9H18N2O/c1-11(2)8(12)9(7-10)5-3-4-6-9/h3-7,10H2,1-2H3. The molecule has 1 aliphatic carbocycles. The van der Waals surface area contributed by atoms with Crippen molar-refractivity contribution in [2.24, 2.45) is 11.1 Å². The first kappa shape index (κ1) is 9.52. The van der Waals surface area contributed by atoms with Gasteiger partial charge < -0.3 is 10.6 Å². The van der Waals surface area contributed by atoms with E-state index in [4.69, 9.17) is 5.73 Å². The number of amides is 1. The fourth-order valence-corrected chi connectivity index (χ4v) is 2.03. The largest absolute Gasteiger partial charge is 0.348 e. The van der Waals surface area contributed by atoms with Crippen LogP contribution in [-0.4, -0.2) is 31.4 Å². The predicted molar refractivity (Wildman–Crippen MR) is 48.6 cm³/mol. The Morgan fingerprint density at radius 1 is 1.42 bits per heavy atom. The molecule has 0 aromatic carbocycles. The Hall–Kier alpha value is -0.570. The summed E-state index contributed by atoms with van der Waals surface area (Å²) in [6, 6.07) is 0. The minimum Gasteiger partial charge on any atom is -0.348 e. The van der Waals surface area contributed by atoms with Crippen LogP contribution in [0.25, 0.3) is 0 Å². The van der Waals surface area contributed by atoms with Gasteiger partial charge in [-0.3, -0.25) is 4.79 Å². The summed E-state index contributed by atoms with van der Waals surface area (Å²) in [5.74, 6) is 0.211. The van der Waals surface area contributed by atoms with Crippen LogP contribution in [0.15, 0.2) is 0 Å². The molecule has 12 heavy (non-hydrogen) atoms. The summed E-state index contributed by atoms with van der Waals surface area (Å²) in [6.45, 7) is 0.504. The molecule has 3 nitrogen and oxygen atoms in total. The van der Waals surface area contributed by atoms with Crippen LogP contribution in [0, 0.1) is 5.41 Å². The Morgan fingerprint density at radius 3 is 2.25 bits per heavy atom. The van der Waals surface area contributed by atoms with Gasteiger partial charge in [0, 0.05) is 20.6 Å². The third-order valence-electron chi connectivity index (χ3n) is 2.81. The minimum atomic E-state index is -0.219. The summed E-state index contributed by atoms with van der Waals surface area (Å²) < 4.78 is 0. The van der Waals surface area contributed by atoms with E-state index in [0.29, 0.717) is 6.54 Å². The van der Waals surface area contributed by atoms with Gasteiger partial charge in [-0.15, -0.1) is 0 Å². The van der Waals surface area contributed by atoms with Gasteiger partial charge in [0.2, 0.25) is 5.91 Å². The highest BCUT2D eigenvalue weighted by atomic mass is 16.2. The van der Waals surface area contributed by atoms with Crippen LogP contribution in [-0.2, 0) is 4.79 Å². The van der Waals surface area contributed by atoms with Gasteiger partial charge in [0.25, 0.3) is 0 Å². The maximum Gasteiger partial charge on any atom is 0.229 e. The van der Waals surface area contributed by atoms with Gasteiger partial charge in [0.15, 0.2) is 0 Å². The lowest BCUT2D eigenvalue weighted by Crippen LogP contribution is -2.43. The Balaban J connectivity index is 2.72. The first-order valence-corrected chi connectivity index (χ1v) is 4.54. The number of nitrogens with zero attached hydrogens (tertiary/aromatic N) is 1. The number of carbonyl (C=O) groups is 1. The lowest BCUT2D eigenvalue weighted by molar-refractivity contribution is -0.138. The zero-order valence-electron chi connectivity index (χ0n) is 7.97. The summed E-state index contributed by atoms with van der Waals surface area (Å²) in [5, 5.41) is 0. The van der Waals surface area contributed by atoms with Crippen molar-refractivity contribution >= 4 is 5.91 Å². The van der Waals surface area contributed by atoms with E-state index in [2.05, 4.69) is 0 Å². The van der Waals surface area contributed by atoms with E-state index < -0.39 is 0 Å². The van der Waals surface area contributed by atoms with Gasteiger partial charge in [-0.1, -0.05) is 12.8 Å². The fourth-order valence-electron chi connectivity index (χ4n) is 2.03. The Morgan fingerprint density at radius 2 is 1.92 bits per heavy atom. The topological polar surface area (TPSA) is 46.3 Å². The van der Waals surface area contributed by atoms with Gasteiger partial charge in [-0.25, -0.2) is 0 Å². The summed E-state index contributed by atoms with van der Waals surface area (Å²) in [4.78, 5) is 13.4. The van der Waals surface area contributed by atoms with Crippen LogP contribution in [0.1, 0.15) is 25.7 Å². The fraction of sp³-hybridized carbons (Fsp3) is 0.889. The molecule has 0 spiro atoms. The van der Waals surface area contributed by atoms with Crippen LogP contribution in [0.4, 0.5) is 0 Å². The van der Waals surface area contributed by atoms with Crippen LogP contribution < -0.4 is 5.73 Å². The smallest absolute Gasteiger partial charge is 0.229 e. The van der Waals surface area contributed by atoms with E-state index in [9.17, 15) is 4.79 Å². The van der Waals surface area contributed by atoms with Crippen molar-refractivity contribution in [3.05, 3.63) is 0 Å². The molecule has 1 aliphatic rings. The number of carbonyl (C=O) groups excluding carboxylic acids is 1. The third-order valence-corrected chi connectivity index (χ3v) is 2.81. The van der Waals surface area contributed by atoms with Crippen molar-refractivity contribution in [2.45, 2.75) is 25.7 Å². The zero-order chi connectivity index (χ0) is 9.19. The molecule has 0 aromatic heterocycles. The van der Waals surface area contributed by atoms with E-state index in [-0.39, 0.29) is 11.3 Å². The molecular formula is C9H18N2O. The Bertz CT molecular complexity index is 171. The van der Waals surface area contributed by atoms with E-state index in [0.717, 1.165) is 25.7 Å². The summed E-state index contributed by atoms with van der Waals surface area (Å²) in [5.41, 5.74) is 5.44. The number of hydrogen-bond donors (Lipinski definition) is 1. The SMILES string of the molecule is CN(C)C(=O)C1(CN)CCCC1. The maximum absolute atomic E-state index is 11.7. The van der Waals surface area contributed by atoms with Gasteiger partial charge >= 0.3 is 0 Å². The second-order valence-corrected chi connectivity index (χ2v) is 3.89. The molecule has 0 heterocycles. The summed E-state index contributed by atoms with van der Waals surface area (Å²) >= 11 is 0. The van der Waals surface area contributed by atoms with Gasteiger partial charge in [0.05, 0.1) is 5.41 Å². The summed E-state index contributed by atoms with van der Waals surface area (Å²) in [6.07, 6.45) is 4.24. The minimum absolute atomic E-state index is 0.211. The third kappa shape index (κ3) is 1.46. The van der Waals surface area contributed by atoms with Crippen LogP contribution >= 0.6 is 0 Å². The van der Waals surface area contributed by atoms with Crippen LogP contribution in [0.3, 0.4) is 0 Å². The van der Waals surface area contributed by atoms with Gasteiger partial charge in [-0.2, -0.15) is 0 Å². The quantitative estimate of drug-likeness (QED) is 0.659. The molecule has 3 heteroatoms. The Labute approximate surface area is 73.9 Å². The molecule has 0 unspecified atom stereocenters. The highest BCUT2D eigenvalue weighted by Gasteiger charge is 2.40. The lowest BCUT2D eigenvalue weighted by Gasteiger charge is -2.28. The molecule has 1 rings (SSSR count). The van der Waals surface area contributed by atoms with Gasteiger partial charge in [-0.05, 0) is 12.8 Å². The van der Waals surface area contributed by atoms with E-state index >= 15 is 0 Å².